The Morgan fingerprint density at radius 1 is 1.16 bits per heavy atom. The normalized spacial score (nSPS) is 29.8. The average molecular weight is 280 g/mol. The highest BCUT2D eigenvalue weighted by molar-refractivity contribution is 4.93. The lowest BCUT2D eigenvalue weighted by molar-refractivity contribution is -0.153. The number of halogens is 3. The van der Waals surface area contributed by atoms with Gasteiger partial charge in [0.05, 0.1) is 6.54 Å². The van der Waals surface area contributed by atoms with Crippen LogP contribution in [0.1, 0.15) is 47.0 Å². The zero-order valence-electron chi connectivity index (χ0n) is 12.4. The summed E-state index contributed by atoms with van der Waals surface area (Å²) in [6.45, 7) is 7.80. The summed E-state index contributed by atoms with van der Waals surface area (Å²) in [5, 5.41) is 0. The number of hydrogen-bond donors (Lipinski definition) is 1. The number of alkyl halides is 3. The first-order valence-corrected chi connectivity index (χ1v) is 7.11. The molecule has 0 saturated heterocycles. The van der Waals surface area contributed by atoms with Crippen LogP contribution in [0, 0.1) is 11.3 Å². The van der Waals surface area contributed by atoms with E-state index in [1.165, 1.54) is 4.90 Å². The van der Waals surface area contributed by atoms with Crippen molar-refractivity contribution >= 4 is 0 Å². The van der Waals surface area contributed by atoms with Crippen LogP contribution in [-0.2, 0) is 0 Å². The highest BCUT2D eigenvalue weighted by atomic mass is 19.4. The molecule has 0 aromatic carbocycles. The first kappa shape index (κ1) is 16.8. The number of nitrogens with two attached hydrogens (primary N) is 1. The largest absolute Gasteiger partial charge is 0.401 e. The maximum atomic E-state index is 12.6. The molecule has 3 unspecified atom stereocenters. The first-order valence-electron chi connectivity index (χ1n) is 7.11. The van der Waals surface area contributed by atoms with Crippen LogP contribution in [0.4, 0.5) is 13.2 Å². The number of likely N-dealkylation sites (N-methyl/N-ethyl adjacent to an activating group) is 1. The quantitative estimate of drug-likeness (QED) is 0.858. The van der Waals surface area contributed by atoms with E-state index in [1.807, 2.05) is 0 Å². The minimum absolute atomic E-state index is 0.135. The zero-order valence-corrected chi connectivity index (χ0v) is 12.4. The molecule has 2 N–H and O–H groups in total. The van der Waals surface area contributed by atoms with Crippen molar-refractivity contribution in [2.24, 2.45) is 17.1 Å². The van der Waals surface area contributed by atoms with Gasteiger partial charge in [-0.25, -0.2) is 0 Å². The van der Waals surface area contributed by atoms with E-state index in [1.54, 1.807) is 6.92 Å². The summed E-state index contributed by atoms with van der Waals surface area (Å²) in [6.07, 6.45) is -1.54. The molecule has 1 saturated carbocycles. The van der Waals surface area contributed by atoms with E-state index in [4.69, 9.17) is 5.73 Å². The monoisotopic (exact) mass is 280 g/mol. The molecule has 0 heterocycles. The van der Waals surface area contributed by atoms with E-state index in [0.717, 1.165) is 19.3 Å². The SMILES string of the molecule is CCN(CC(F)(F)F)C1CC(C(C)(C)C)CCC1N. The van der Waals surface area contributed by atoms with Crippen molar-refractivity contribution in [2.45, 2.75) is 65.2 Å². The van der Waals surface area contributed by atoms with Crippen LogP contribution in [0.15, 0.2) is 0 Å². The molecule has 2 nitrogen and oxygen atoms in total. The van der Waals surface area contributed by atoms with E-state index in [-0.39, 0.29) is 17.5 Å². The molecule has 0 radical (unpaired) electrons. The molecule has 1 aliphatic rings. The molecule has 0 aromatic heterocycles. The van der Waals surface area contributed by atoms with Gasteiger partial charge in [0.25, 0.3) is 0 Å². The fourth-order valence-corrected chi connectivity index (χ4v) is 3.07. The molecule has 114 valence electrons. The molecular formula is C14H27F3N2. The van der Waals surface area contributed by atoms with Gasteiger partial charge in [-0.3, -0.25) is 4.90 Å². The summed E-state index contributed by atoms with van der Waals surface area (Å²) in [5.74, 6) is 0.444. The zero-order chi connectivity index (χ0) is 14.8. The number of rotatable bonds is 3. The third-order valence-corrected chi connectivity index (χ3v) is 4.35. The summed E-state index contributed by atoms with van der Waals surface area (Å²) in [4.78, 5) is 1.50. The van der Waals surface area contributed by atoms with Crippen molar-refractivity contribution in [1.29, 1.82) is 0 Å². The van der Waals surface area contributed by atoms with Crippen molar-refractivity contribution in [3.05, 3.63) is 0 Å². The third-order valence-electron chi connectivity index (χ3n) is 4.35. The molecule has 0 aliphatic heterocycles. The van der Waals surface area contributed by atoms with Gasteiger partial charge >= 0.3 is 6.18 Å². The van der Waals surface area contributed by atoms with E-state index in [0.29, 0.717) is 12.5 Å². The van der Waals surface area contributed by atoms with E-state index >= 15 is 0 Å². The fraction of sp³-hybridized carbons (Fsp3) is 1.00. The predicted octanol–water partition coefficient (Wildman–Crippen LogP) is 3.41. The number of hydrogen-bond acceptors (Lipinski definition) is 2. The van der Waals surface area contributed by atoms with Crippen LogP contribution in [0.3, 0.4) is 0 Å². The molecule has 1 fully saturated rings. The molecule has 1 rings (SSSR count). The molecule has 0 amide bonds. The predicted molar refractivity (Wildman–Crippen MR) is 71.9 cm³/mol. The number of nitrogens with zero attached hydrogens (tertiary/aromatic N) is 1. The van der Waals surface area contributed by atoms with Crippen LogP contribution in [-0.4, -0.2) is 36.2 Å². The molecule has 0 spiro atoms. The van der Waals surface area contributed by atoms with Gasteiger partial charge in [0.2, 0.25) is 0 Å². The van der Waals surface area contributed by atoms with Crippen LogP contribution >= 0.6 is 0 Å². The lowest BCUT2D eigenvalue weighted by Crippen LogP contribution is -2.54. The highest BCUT2D eigenvalue weighted by Crippen LogP contribution is 2.39. The molecule has 0 aromatic rings. The minimum Gasteiger partial charge on any atom is -0.326 e. The summed E-state index contributed by atoms with van der Waals surface area (Å²) in [7, 11) is 0. The fourth-order valence-electron chi connectivity index (χ4n) is 3.07. The molecule has 1 aliphatic carbocycles. The van der Waals surface area contributed by atoms with Gasteiger partial charge in [-0.1, -0.05) is 27.7 Å². The van der Waals surface area contributed by atoms with Crippen LogP contribution in [0.2, 0.25) is 0 Å². The van der Waals surface area contributed by atoms with E-state index in [9.17, 15) is 13.2 Å². The van der Waals surface area contributed by atoms with Gasteiger partial charge in [0, 0.05) is 12.1 Å². The first-order chi connectivity index (χ1) is 8.54. The molecular weight excluding hydrogens is 253 g/mol. The second-order valence-corrected chi connectivity index (χ2v) is 6.79. The van der Waals surface area contributed by atoms with Gasteiger partial charge in [0.15, 0.2) is 0 Å². The average Bonchev–Trinajstić information content (AvgIpc) is 2.24. The highest BCUT2D eigenvalue weighted by Gasteiger charge is 2.40. The third kappa shape index (κ3) is 4.95. The molecule has 0 bridgehead atoms. The van der Waals surface area contributed by atoms with Gasteiger partial charge in [-0.2, -0.15) is 13.2 Å². The van der Waals surface area contributed by atoms with Crippen LogP contribution < -0.4 is 5.73 Å². The lowest BCUT2D eigenvalue weighted by atomic mass is 9.69. The van der Waals surface area contributed by atoms with Crippen molar-refractivity contribution in [2.75, 3.05) is 13.1 Å². The van der Waals surface area contributed by atoms with Crippen LogP contribution in [0.5, 0.6) is 0 Å². The Labute approximate surface area is 114 Å². The summed E-state index contributed by atoms with van der Waals surface area (Å²) >= 11 is 0. The maximum absolute atomic E-state index is 12.6. The second kappa shape index (κ2) is 6.00. The smallest absolute Gasteiger partial charge is 0.326 e. The summed E-state index contributed by atoms with van der Waals surface area (Å²) in [6, 6.07) is -0.287. The lowest BCUT2D eigenvalue weighted by Gasteiger charge is -2.45. The topological polar surface area (TPSA) is 29.3 Å². The molecule has 19 heavy (non-hydrogen) atoms. The van der Waals surface area contributed by atoms with Crippen molar-refractivity contribution in [3.8, 4) is 0 Å². The van der Waals surface area contributed by atoms with Crippen molar-refractivity contribution in [3.63, 3.8) is 0 Å². The van der Waals surface area contributed by atoms with Gasteiger partial charge in [0.1, 0.15) is 0 Å². The Hall–Kier alpha value is -0.290. The van der Waals surface area contributed by atoms with Gasteiger partial charge < -0.3 is 5.73 Å². The Balaban J connectivity index is 2.77. The molecule has 5 heteroatoms. The standard InChI is InChI=1S/C14H27F3N2/c1-5-19(9-14(15,16)17)12-8-10(13(2,3)4)6-7-11(12)18/h10-12H,5-9,18H2,1-4H3. The summed E-state index contributed by atoms with van der Waals surface area (Å²) in [5.41, 5.74) is 6.21. The summed E-state index contributed by atoms with van der Waals surface area (Å²) < 4.78 is 37.9. The van der Waals surface area contributed by atoms with Gasteiger partial charge in [-0.05, 0) is 37.1 Å². The van der Waals surface area contributed by atoms with Crippen molar-refractivity contribution in [1.82, 2.24) is 4.90 Å². The van der Waals surface area contributed by atoms with Crippen LogP contribution in [0.25, 0.3) is 0 Å². The Kier molecular flexibility index (Phi) is 5.29. The molecule has 3 atom stereocenters. The second-order valence-electron chi connectivity index (χ2n) is 6.79. The minimum atomic E-state index is -4.15. The van der Waals surface area contributed by atoms with Gasteiger partial charge in [-0.15, -0.1) is 0 Å². The Morgan fingerprint density at radius 2 is 1.74 bits per heavy atom. The Bertz CT molecular complexity index is 283. The Morgan fingerprint density at radius 3 is 2.16 bits per heavy atom. The van der Waals surface area contributed by atoms with Crippen molar-refractivity contribution < 1.29 is 13.2 Å². The maximum Gasteiger partial charge on any atom is 0.401 e. The van der Waals surface area contributed by atoms with E-state index < -0.39 is 12.7 Å². The van der Waals surface area contributed by atoms with E-state index in [2.05, 4.69) is 20.8 Å².